The zero-order chi connectivity index (χ0) is 21.1. The Labute approximate surface area is 164 Å². The SMILES string of the molecule is O=Cc1ccc(/C=C/C(CF)c2cc(C(F)(F)F)cc(C(F)(F)F)c2)cc1Br. The quantitative estimate of drug-likeness (QED) is 0.339. The van der Waals surface area contributed by atoms with Crippen LogP contribution in [-0.2, 0) is 12.4 Å². The third kappa shape index (κ3) is 5.43. The lowest BCUT2D eigenvalue weighted by molar-refractivity contribution is -0.143. The van der Waals surface area contributed by atoms with Gasteiger partial charge in [0.1, 0.15) is 0 Å². The average molecular weight is 469 g/mol. The van der Waals surface area contributed by atoms with E-state index in [1.165, 1.54) is 30.4 Å². The fourth-order valence-corrected chi connectivity index (χ4v) is 2.90. The molecule has 0 heterocycles. The van der Waals surface area contributed by atoms with Gasteiger partial charge < -0.3 is 0 Å². The van der Waals surface area contributed by atoms with Gasteiger partial charge in [-0.05, 0) is 41.5 Å². The summed E-state index contributed by atoms with van der Waals surface area (Å²) in [6, 6.07) is 5.51. The van der Waals surface area contributed by atoms with Crippen LogP contribution in [0.5, 0.6) is 0 Å². The minimum absolute atomic E-state index is 0.00221. The number of allylic oxidation sites excluding steroid dienone is 1. The Balaban J connectivity index is 2.45. The van der Waals surface area contributed by atoms with Gasteiger partial charge in [-0.2, -0.15) is 26.3 Å². The summed E-state index contributed by atoms with van der Waals surface area (Å²) in [5.74, 6) is -1.31. The molecule has 2 aromatic rings. The predicted octanol–water partition coefficient (Wildman–Crippen LogP) is 7.07. The average Bonchev–Trinajstić information content (AvgIpc) is 2.60. The van der Waals surface area contributed by atoms with Crippen LogP contribution in [-0.4, -0.2) is 13.0 Å². The summed E-state index contributed by atoms with van der Waals surface area (Å²) in [6.45, 7) is -1.19. The van der Waals surface area contributed by atoms with E-state index in [2.05, 4.69) is 15.9 Å². The molecule has 1 unspecified atom stereocenters. The molecule has 0 N–H and O–H groups in total. The molecule has 0 aromatic heterocycles. The van der Waals surface area contributed by atoms with Gasteiger partial charge in [0, 0.05) is 16.0 Å². The lowest BCUT2D eigenvalue weighted by Crippen LogP contribution is -2.13. The van der Waals surface area contributed by atoms with Crippen molar-refractivity contribution in [2.45, 2.75) is 18.3 Å². The molecule has 0 aliphatic rings. The third-order valence-corrected chi connectivity index (χ3v) is 4.56. The topological polar surface area (TPSA) is 17.1 Å². The molecule has 0 aliphatic heterocycles. The zero-order valence-electron chi connectivity index (χ0n) is 13.9. The molecule has 1 nitrogen and oxygen atoms in total. The Morgan fingerprint density at radius 2 is 1.50 bits per heavy atom. The Morgan fingerprint density at radius 3 is 1.93 bits per heavy atom. The van der Waals surface area contributed by atoms with E-state index < -0.39 is 41.6 Å². The second-order valence-corrected chi connectivity index (χ2v) is 6.71. The maximum Gasteiger partial charge on any atom is 0.416 e. The van der Waals surface area contributed by atoms with Gasteiger partial charge in [0.25, 0.3) is 0 Å². The number of hydrogen-bond acceptors (Lipinski definition) is 1. The molecule has 0 amide bonds. The van der Waals surface area contributed by atoms with Gasteiger partial charge in [0.2, 0.25) is 0 Å². The minimum atomic E-state index is -5.00. The van der Waals surface area contributed by atoms with Crippen molar-refractivity contribution in [1.82, 2.24) is 0 Å². The van der Waals surface area contributed by atoms with Crippen LogP contribution in [0.15, 0.2) is 46.9 Å². The summed E-state index contributed by atoms with van der Waals surface area (Å²) in [4.78, 5) is 10.8. The normalized spacial score (nSPS) is 13.7. The predicted molar refractivity (Wildman–Crippen MR) is 93.7 cm³/mol. The van der Waals surface area contributed by atoms with Crippen molar-refractivity contribution in [2.75, 3.05) is 6.67 Å². The van der Waals surface area contributed by atoms with E-state index in [1.54, 1.807) is 0 Å². The van der Waals surface area contributed by atoms with E-state index in [9.17, 15) is 35.5 Å². The van der Waals surface area contributed by atoms with Crippen molar-refractivity contribution in [2.24, 2.45) is 0 Å². The van der Waals surface area contributed by atoms with Crippen LogP contribution >= 0.6 is 15.9 Å². The first-order valence-electron chi connectivity index (χ1n) is 7.74. The molecule has 0 saturated heterocycles. The molecular weight excluding hydrogens is 457 g/mol. The molecule has 2 rings (SSSR count). The number of alkyl halides is 7. The largest absolute Gasteiger partial charge is 0.416 e. The lowest BCUT2D eigenvalue weighted by Gasteiger charge is -2.17. The number of rotatable bonds is 5. The first-order valence-corrected chi connectivity index (χ1v) is 8.53. The Hall–Kier alpha value is -2.16. The maximum atomic E-state index is 13.4. The lowest BCUT2D eigenvalue weighted by atomic mass is 9.94. The molecule has 0 spiro atoms. The molecule has 0 radical (unpaired) electrons. The van der Waals surface area contributed by atoms with Crippen LogP contribution in [0.25, 0.3) is 6.08 Å². The van der Waals surface area contributed by atoms with Crippen molar-refractivity contribution in [1.29, 1.82) is 0 Å². The van der Waals surface area contributed by atoms with Crippen LogP contribution in [0.3, 0.4) is 0 Å². The molecule has 1 atom stereocenters. The number of carbonyl (C=O) groups is 1. The number of carbonyl (C=O) groups excluding carboxylic acids is 1. The van der Waals surface area contributed by atoms with Crippen molar-refractivity contribution in [3.8, 4) is 0 Å². The van der Waals surface area contributed by atoms with E-state index in [0.717, 1.165) is 0 Å². The van der Waals surface area contributed by atoms with Gasteiger partial charge in [0.05, 0.1) is 17.8 Å². The molecule has 2 aromatic carbocycles. The number of benzene rings is 2. The first-order chi connectivity index (χ1) is 13.0. The second kappa shape index (κ2) is 8.46. The fourth-order valence-electron chi connectivity index (χ4n) is 2.41. The van der Waals surface area contributed by atoms with Crippen molar-refractivity contribution in [3.63, 3.8) is 0 Å². The van der Waals surface area contributed by atoms with Crippen LogP contribution < -0.4 is 0 Å². The highest BCUT2D eigenvalue weighted by atomic mass is 79.9. The summed E-state index contributed by atoms with van der Waals surface area (Å²) in [5.41, 5.74) is -2.60. The monoisotopic (exact) mass is 468 g/mol. The van der Waals surface area contributed by atoms with Gasteiger partial charge in [-0.15, -0.1) is 0 Å². The highest BCUT2D eigenvalue weighted by molar-refractivity contribution is 9.10. The van der Waals surface area contributed by atoms with Gasteiger partial charge in [-0.25, -0.2) is 0 Å². The number of hydrogen-bond donors (Lipinski definition) is 0. The van der Waals surface area contributed by atoms with Gasteiger partial charge >= 0.3 is 12.4 Å². The van der Waals surface area contributed by atoms with Crippen molar-refractivity contribution in [3.05, 3.63) is 74.8 Å². The number of aldehydes is 1. The maximum absolute atomic E-state index is 13.4. The molecule has 28 heavy (non-hydrogen) atoms. The standard InChI is InChI=1S/C19H12BrF7O/c20-17-5-11(2-4-13(17)10-28)1-3-12(9-21)14-6-15(18(22,23)24)8-16(7-14)19(25,26)27/h1-8,10,12H,9H2/b3-1+. The summed E-state index contributed by atoms with van der Waals surface area (Å²) < 4.78 is 91.6. The van der Waals surface area contributed by atoms with E-state index in [1.807, 2.05) is 0 Å². The molecule has 0 bridgehead atoms. The van der Waals surface area contributed by atoms with Gasteiger partial charge in [-0.3, -0.25) is 9.18 Å². The Kier molecular flexibility index (Phi) is 6.69. The minimum Gasteiger partial charge on any atom is -0.298 e. The van der Waals surface area contributed by atoms with Crippen LogP contribution in [0.2, 0.25) is 0 Å². The first kappa shape index (κ1) is 22.1. The summed E-state index contributed by atoms with van der Waals surface area (Å²) in [6.07, 6.45) is -6.87. The molecule has 9 heteroatoms. The van der Waals surface area contributed by atoms with Crippen LogP contribution in [0, 0.1) is 0 Å². The van der Waals surface area contributed by atoms with E-state index in [4.69, 9.17) is 0 Å². The van der Waals surface area contributed by atoms with Crippen molar-refractivity contribution >= 4 is 28.3 Å². The highest BCUT2D eigenvalue weighted by Crippen LogP contribution is 2.38. The molecular formula is C19H12BrF7O. The smallest absolute Gasteiger partial charge is 0.298 e. The Bertz CT molecular complexity index is 853. The summed E-state index contributed by atoms with van der Waals surface area (Å²) in [5, 5.41) is 0. The van der Waals surface area contributed by atoms with Crippen molar-refractivity contribution < 1.29 is 35.5 Å². The number of halogens is 8. The zero-order valence-corrected chi connectivity index (χ0v) is 15.5. The third-order valence-electron chi connectivity index (χ3n) is 3.88. The second-order valence-electron chi connectivity index (χ2n) is 5.86. The van der Waals surface area contributed by atoms with Crippen LogP contribution in [0.4, 0.5) is 30.7 Å². The van der Waals surface area contributed by atoms with E-state index in [-0.39, 0.29) is 6.07 Å². The van der Waals surface area contributed by atoms with Gasteiger partial charge in [0.15, 0.2) is 6.29 Å². The van der Waals surface area contributed by atoms with Crippen LogP contribution in [0.1, 0.15) is 38.5 Å². The summed E-state index contributed by atoms with van der Waals surface area (Å²) in [7, 11) is 0. The summed E-state index contributed by atoms with van der Waals surface area (Å²) >= 11 is 3.15. The fraction of sp³-hybridized carbons (Fsp3) is 0.211. The van der Waals surface area contributed by atoms with E-state index >= 15 is 0 Å². The molecule has 0 fully saturated rings. The van der Waals surface area contributed by atoms with E-state index in [0.29, 0.717) is 34.0 Å². The molecule has 0 saturated carbocycles. The molecule has 0 aliphatic carbocycles. The van der Waals surface area contributed by atoms with Gasteiger partial charge in [-0.1, -0.05) is 34.1 Å². The Morgan fingerprint density at radius 1 is 0.929 bits per heavy atom. The molecule has 150 valence electrons. The highest BCUT2D eigenvalue weighted by Gasteiger charge is 2.37.